The van der Waals surface area contributed by atoms with E-state index in [1.807, 2.05) is 12.3 Å². The predicted octanol–water partition coefficient (Wildman–Crippen LogP) is 2.87. The quantitative estimate of drug-likeness (QED) is 0.655. The Kier molecular flexibility index (Phi) is 3.58. The smallest absolute Gasteiger partial charge is 0.130 e. The molecule has 0 atom stereocenters. The van der Waals surface area contributed by atoms with E-state index in [-0.39, 0.29) is 0 Å². The highest BCUT2D eigenvalue weighted by molar-refractivity contribution is 7.98. The number of aromatic nitrogens is 2. The maximum atomic E-state index is 4.15. The molecule has 0 fully saturated rings. The molecule has 0 saturated carbocycles. The average molecular weight is 237 g/mol. The lowest BCUT2D eigenvalue weighted by molar-refractivity contribution is 1.02. The minimum absolute atomic E-state index is 0.814. The van der Waals surface area contributed by atoms with Crippen LogP contribution in [-0.4, -0.2) is 16.2 Å². The van der Waals surface area contributed by atoms with Gasteiger partial charge in [0, 0.05) is 12.6 Å². The van der Waals surface area contributed by atoms with Crippen LogP contribution in [0, 0.1) is 0 Å². The molecule has 1 N–H and O–H groups in total. The first-order valence-electron chi connectivity index (χ1n) is 4.49. The molecule has 0 radical (unpaired) electrons. The summed E-state index contributed by atoms with van der Waals surface area (Å²) in [5.41, 5.74) is 1.28. The molecule has 0 saturated heterocycles. The van der Waals surface area contributed by atoms with E-state index in [0.29, 0.717) is 0 Å². The molecular weight excluding hydrogens is 226 g/mol. The molecule has 78 valence electrons. The number of nitrogens with one attached hydrogen (secondary N) is 1. The van der Waals surface area contributed by atoms with Crippen molar-refractivity contribution in [2.75, 3.05) is 11.6 Å². The molecule has 2 heterocycles. The largest absolute Gasteiger partial charge is 0.366 e. The summed E-state index contributed by atoms with van der Waals surface area (Å²) >= 11 is 3.32. The van der Waals surface area contributed by atoms with Crippen LogP contribution >= 0.6 is 23.1 Å². The summed E-state index contributed by atoms with van der Waals surface area (Å²) in [6, 6.07) is 4.06. The average Bonchev–Trinajstić information content (AvgIpc) is 2.79. The summed E-state index contributed by atoms with van der Waals surface area (Å²) in [5.74, 6) is 0.876. The summed E-state index contributed by atoms with van der Waals surface area (Å²) in [7, 11) is 0. The van der Waals surface area contributed by atoms with Crippen molar-refractivity contribution in [2.45, 2.75) is 11.6 Å². The molecule has 15 heavy (non-hydrogen) atoms. The molecule has 2 aromatic rings. The zero-order valence-corrected chi connectivity index (χ0v) is 9.94. The molecule has 0 bridgehead atoms. The van der Waals surface area contributed by atoms with Crippen molar-refractivity contribution in [1.82, 2.24) is 9.97 Å². The van der Waals surface area contributed by atoms with E-state index < -0.39 is 0 Å². The van der Waals surface area contributed by atoms with Crippen molar-refractivity contribution >= 4 is 28.9 Å². The van der Waals surface area contributed by atoms with Crippen LogP contribution in [0.1, 0.15) is 5.56 Å². The topological polar surface area (TPSA) is 37.8 Å². The fourth-order valence-electron chi connectivity index (χ4n) is 1.13. The van der Waals surface area contributed by atoms with Crippen molar-refractivity contribution in [3.8, 4) is 0 Å². The van der Waals surface area contributed by atoms with Crippen molar-refractivity contribution < 1.29 is 0 Å². The Labute approximate surface area is 97.0 Å². The van der Waals surface area contributed by atoms with Crippen LogP contribution in [0.5, 0.6) is 0 Å². The molecule has 2 aromatic heterocycles. The van der Waals surface area contributed by atoms with Crippen LogP contribution in [0.4, 0.5) is 5.82 Å². The molecule has 0 aromatic carbocycles. The van der Waals surface area contributed by atoms with Crippen LogP contribution in [0.2, 0.25) is 0 Å². The fourth-order valence-corrected chi connectivity index (χ4v) is 2.18. The Morgan fingerprint density at radius 2 is 2.40 bits per heavy atom. The van der Waals surface area contributed by atoms with Crippen molar-refractivity contribution in [3.05, 3.63) is 34.8 Å². The van der Waals surface area contributed by atoms with E-state index in [1.54, 1.807) is 29.4 Å². The van der Waals surface area contributed by atoms with E-state index in [9.17, 15) is 0 Å². The highest BCUT2D eigenvalue weighted by atomic mass is 32.2. The number of hydrogen-bond acceptors (Lipinski definition) is 5. The second-order valence-electron chi connectivity index (χ2n) is 2.93. The lowest BCUT2D eigenvalue weighted by atomic mass is 10.3. The van der Waals surface area contributed by atoms with E-state index >= 15 is 0 Å². The molecule has 0 spiro atoms. The van der Waals surface area contributed by atoms with Gasteiger partial charge in [-0.05, 0) is 28.6 Å². The maximum absolute atomic E-state index is 4.15. The van der Waals surface area contributed by atoms with E-state index in [0.717, 1.165) is 17.4 Å². The Morgan fingerprint density at radius 3 is 3.13 bits per heavy atom. The van der Waals surface area contributed by atoms with Gasteiger partial charge in [0.15, 0.2) is 0 Å². The van der Waals surface area contributed by atoms with E-state index in [2.05, 4.69) is 32.1 Å². The Morgan fingerprint density at radius 1 is 1.47 bits per heavy atom. The van der Waals surface area contributed by atoms with E-state index in [4.69, 9.17) is 0 Å². The van der Waals surface area contributed by atoms with Crippen LogP contribution in [-0.2, 0) is 6.54 Å². The van der Waals surface area contributed by atoms with Gasteiger partial charge in [0.05, 0.1) is 0 Å². The van der Waals surface area contributed by atoms with Crippen LogP contribution in [0.25, 0.3) is 0 Å². The SMILES string of the molecule is CSc1cc(NCc2ccsc2)ncn1. The molecular formula is C10H11N3S2. The van der Waals surface area contributed by atoms with Gasteiger partial charge in [0.25, 0.3) is 0 Å². The first kappa shape index (κ1) is 10.4. The van der Waals surface area contributed by atoms with Crippen LogP contribution < -0.4 is 5.32 Å². The highest BCUT2D eigenvalue weighted by Crippen LogP contribution is 2.14. The highest BCUT2D eigenvalue weighted by Gasteiger charge is 1.97. The number of rotatable bonds is 4. The summed E-state index contributed by atoms with van der Waals surface area (Å²) in [6.07, 6.45) is 3.59. The second-order valence-corrected chi connectivity index (χ2v) is 4.54. The number of hydrogen-bond donors (Lipinski definition) is 1. The fraction of sp³-hybridized carbons (Fsp3) is 0.200. The molecule has 2 rings (SSSR count). The third-order valence-electron chi connectivity index (χ3n) is 1.90. The van der Waals surface area contributed by atoms with Crippen LogP contribution in [0.15, 0.2) is 34.2 Å². The standard InChI is InChI=1S/C10H11N3S2/c1-14-10-4-9(12-7-13-10)11-5-8-2-3-15-6-8/h2-4,6-7H,5H2,1H3,(H,11,12,13). The van der Waals surface area contributed by atoms with Crippen molar-refractivity contribution in [2.24, 2.45) is 0 Å². The van der Waals surface area contributed by atoms with Crippen molar-refractivity contribution in [3.63, 3.8) is 0 Å². The number of thiophene rings is 1. The third-order valence-corrected chi connectivity index (χ3v) is 3.28. The zero-order valence-electron chi connectivity index (χ0n) is 8.30. The lowest BCUT2D eigenvalue weighted by Gasteiger charge is -2.04. The molecule has 0 aliphatic heterocycles. The lowest BCUT2D eigenvalue weighted by Crippen LogP contribution is -2.00. The van der Waals surface area contributed by atoms with Crippen molar-refractivity contribution in [1.29, 1.82) is 0 Å². The Hall–Kier alpha value is -1.07. The molecule has 0 amide bonds. The molecule has 5 heteroatoms. The zero-order chi connectivity index (χ0) is 10.5. The second kappa shape index (κ2) is 5.14. The van der Waals surface area contributed by atoms with Crippen LogP contribution in [0.3, 0.4) is 0 Å². The summed E-state index contributed by atoms with van der Waals surface area (Å²) in [5, 5.41) is 8.45. The maximum Gasteiger partial charge on any atom is 0.130 e. The summed E-state index contributed by atoms with van der Waals surface area (Å²) in [4.78, 5) is 8.27. The normalized spacial score (nSPS) is 10.2. The van der Waals surface area contributed by atoms with Gasteiger partial charge < -0.3 is 5.32 Å². The van der Waals surface area contributed by atoms with Gasteiger partial charge >= 0.3 is 0 Å². The monoisotopic (exact) mass is 237 g/mol. The first-order valence-corrected chi connectivity index (χ1v) is 6.66. The molecule has 0 aliphatic rings. The third kappa shape index (κ3) is 2.94. The minimum atomic E-state index is 0.814. The van der Waals surface area contributed by atoms with Gasteiger partial charge in [-0.1, -0.05) is 0 Å². The molecule has 0 unspecified atom stereocenters. The minimum Gasteiger partial charge on any atom is -0.366 e. The van der Waals surface area contributed by atoms with Gasteiger partial charge in [-0.2, -0.15) is 11.3 Å². The number of thioether (sulfide) groups is 1. The Balaban J connectivity index is 1.98. The summed E-state index contributed by atoms with van der Waals surface area (Å²) < 4.78 is 0. The van der Waals surface area contributed by atoms with Gasteiger partial charge in [-0.25, -0.2) is 9.97 Å². The van der Waals surface area contributed by atoms with E-state index in [1.165, 1.54) is 5.56 Å². The number of nitrogens with zero attached hydrogens (tertiary/aromatic N) is 2. The molecule has 3 nitrogen and oxygen atoms in total. The molecule has 0 aliphatic carbocycles. The van der Waals surface area contributed by atoms with Gasteiger partial charge in [-0.3, -0.25) is 0 Å². The summed E-state index contributed by atoms with van der Waals surface area (Å²) in [6.45, 7) is 0.814. The number of anilines is 1. The van der Waals surface area contributed by atoms with Gasteiger partial charge in [0.2, 0.25) is 0 Å². The van der Waals surface area contributed by atoms with Gasteiger partial charge in [0.1, 0.15) is 17.2 Å². The Bertz CT molecular complexity index is 414. The first-order chi connectivity index (χ1) is 7.38. The van der Waals surface area contributed by atoms with Gasteiger partial charge in [-0.15, -0.1) is 11.8 Å². The predicted molar refractivity (Wildman–Crippen MR) is 65.5 cm³/mol.